The Morgan fingerprint density at radius 2 is 2.00 bits per heavy atom. The number of esters is 1. The van der Waals surface area contributed by atoms with Crippen molar-refractivity contribution in [1.82, 2.24) is 14.5 Å². The van der Waals surface area contributed by atoms with E-state index in [9.17, 15) is 14.4 Å². The second kappa shape index (κ2) is 8.53. The highest BCUT2D eigenvalue weighted by Crippen LogP contribution is 2.26. The molecule has 2 aromatic heterocycles. The van der Waals surface area contributed by atoms with Crippen LogP contribution >= 0.6 is 23.1 Å². The molecule has 1 aromatic carbocycles. The van der Waals surface area contributed by atoms with Gasteiger partial charge in [-0.25, -0.2) is 9.97 Å². The summed E-state index contributed by atoms with van der Waals surface area (Å²) in [7, 11) is 1.33. The number of methoxy groups -OCH3 is 1. The molecular weight excluding hydrogens is 400 g/mol. The summed E-state index contributed by atoms with van der Waals surface area (Å²) in [6.07, 6.45) is 0.118. The number of carbonyl (C=O) groups is 3. The summed E-state index contributed by atoms with van der Waals surface area (Å²) in [5.74, 6) is -0.727. The van der Waals surface area contributed by atoms with Gasteiger partial charge in [0.05, 0.1) is 36.0 Å². The minimum atomic E-state index is -0.358. The molecule has 0 aliphatic rings. The van der Waals surface area contributed by atoms with Crippen LogP contribution in [-0.4, -0.2) is 45.2 Å². The number of nitrogens with zero attached hydrogens (tertiary/aromatic N) is 3. The number of imidazole rings is 1. The summed E-state index contributed by atoms with van der Waals surface area (Å²) in [6, 6.07) is 7.31. The number of ether oxygens (including phenoxy) is 1. The maximum absolute atomic E-state index is 12.3. The Morgan fingerprint density at radius 3 is 2.71 bits per heavy atom. The topological polar surface area (TPSA) is 103 Å². The first-order valence-corrected chi connectivity index (χ1v) is 10.1. The van der Waals surface area contributed by atoms with Crippen molar-refractivity contribution in [2.45, 2.75) is 25.4 Å². The van der Waals surface area contributed by atoms with Gasteiger partial charge in [0.25, 0.3) is 0 Å². The molecule has 1 amide bonds. The third-order valence-corrected chi connectivity index (χ3v) is 5.86. The Balaban J connectivity index is 1.68. The highest BCUT2D eigenvalue weighted by atomic mass is 32.2. The van der Waals surface area contributed by atoms with Crippen LogP contribution in [0.2, 0.25) is 0 Å². The van der Waals surface area contributed by atoms with Crippen molar-refractivity contribution in [3.05, 3.63) is 34.8 Å². The lowest BCUT2D eigenvalue weighted by molar-refractivity contribution is -0.139. The number of aryl methyl sites for hydroxylation is 1. The molecule has 0 fully saturated rings. The van der Waals surface area contributed by atoms with Crippen molar-refractivity contribution in [3.8, 4) is 0 Å². The zero-order chi connectivity index (χ0) is 20.3. The van der Waals surface area contributed by atoms with Gasteiger partial charge < -0.3 is 10.1 Å². The number of aromatic nitrogens is 3. The molecule has 0 aliphatic heterocycles. The fourth-order valence-electron chi connectivity index (χ4n) is 2.54. The minimum absolute atomic E-state index is 0.0710. The Bertz CT molecular complexity index is 1060. The number of hydrogen-bond acceptors (Lipinski definition) is 8. The highest BCUT2D eigenvalue weighted by molar-refractivity contribution is 7.99. The number of benzene rings is 1. The standard InChI is InChI=1S/C18H18N4O4S2/c1-10-14(8-16(25)26-3)28-17(19-10)21-15(24)9-27-18-20-12-6-4-5-7-13(12)22(18)11(2)23/h4-7H,8-9H2,1-3H3,(H,19,21,24). The quantitative estimate of drug-likeness (QED) is 0.485. The van der Waals surface area contributed by atoms with E-state index in [2.05, 4.69) is 20.0 Å². The van der Waals surface area contributed by atoms with Gasteiger partial charge >= 0.3 is 5.97 Å². The van der Waals surface area contributed by atoms with E-state index in [-0.39, 0.29) is 30.0 Å². The Hall–Kier alpha value is -2.72. The van der Waals surface area contributed by atoms with E-state index in [4.69, 9.17) is 0 Å². The molecule has 8 nitrogen and oxygen atoms in total. The summed E-state index contributed by atoms with van der Waals surface area (Å²) in [5, 5.41) is 3.60. The number of thioether (sulfide) groups is 1. The summed E-state index contributed by atoms with van der Waals surface area (Å²) in [5.41, 5.74) is 2.08. The third kappa shape index (κ3) is 4.39. The van der Waals surface area contributed by atoms with Gasteiger partial charge in [-0.15, -0.1) is 11.3 Å². The van der Waals surface area contributed by atoms with Crippen LogP contribution in [0.4, 0.5) is 5.13 Å². The van der Waals surface area contributed by atoms with E-state index >= 15 is 0 Å². The van der Waals surface area contributed by atoms with Crippen LogP contribution in [0.15, 0.2) is 29.4 Å². The molecule has 0 unspecified atom stereocenters. The van der Waals surface area contributed by atoms with Crippen LogP contribution in [0.5, 0.6) is 0 Å². The molecule has 3 aromatic rings. The van der Waals surface area contributed by atoms with Crippen molar-refractivity contribution < 1.29 is 19.1 Å². The van der Waals surface area contributed by atoms with E-state index in [0.717, 1.165) is 4.88 Å². The monoisotopic (exact) mass is 418 g/mol. The number of anilines is 1. The molecular formula is C18H18N4O4S2. The molecule has 28 heavy (non-hydrogen) atoms. The molecule has 0 saturated heterocycles. The van der Waals surface area contributed by atoms with E-state index < -0.39 is 0 Å². The number of thiazole rings is 1. The van der Waals surface area contributed by atoms with Crippen molar-refractivity contribution >= 4 is 57.0 Å². The summed E-state index contributed by atoms with van der Waals surface area (Å²) < 4.78 is 6.15. The van der Waals surface area contributed by atoms with Crippen LogP contribution in [0.1, 0.15) is 22.3 Å². The Labute approximate surface area is 169 Å². The molecule has 1 N–H and O–H groups in total. The smallest absolute Gasteiger partial charge is 0.310 e. The van der Waals surface area contributed by atoms with Crippen molar-refractivity contribution in [3.63, 3.8) is 0 Å². The lowest BCUT2D eigenvalue weighted by atomic mass is 10.3. The molecule has 146 valence electrons. The Kier molecular flexibility index (Phi) is 6.10. The predicted octanol–water partition coefficient (Wildman–Crippen LogP) is 2.91. The zero-order valence-electron chi connectivity index (χ0n) is 15.5. The van der Waals surface area contributed by atoms with Crippen LogP contribution < -0.4 is 5.32 Å². The molecule has 0 spiro atoms. The molecule has 0 aliphatic carbocycles. The average molecular weight is 419 g/mol. The lowest BCUT2D eigenvalue weighted by Gasteiger charge is -2.04. The van der Waals surface area contributed by atoms with Gasteiger partial charge in [-0.1, -0.05) is 23.9 Å². The van der Waals surface area contributed by atoms with Gasteiger partial charge in [0, 0.05) is 11.8 Å². The summed E-state index contributed by atoms with van der Waals surface area (Å²) in [6.45, 7) is 3.23. The number of para-hydroxylation sites is 2. The molecule has 0 atom stereocenters. The number of carbonyl (C=O) groups excluding carboxylic acids is 3. The predicted molar refractivity (Wildman–Crippen MR) is 108 cm³/mol. The molecule has 2 heterocycles. The number of rotatable bonds is 6. The number of hydrogen-bond donors (Lipinski definition) is 1. The number of nitrogens with one attached hydrogen (secondary N) is 1. The van der Waals surface area contributed by atoms with Gasteiger partial charge in [-0.05, 0) is 19.1 Å². The first-order valence-electron chi connectivity index (χ1n) is 8.33. The van der Waals surface area contributed by atoms with E-state index in [1.165, 1.54) is 41.7 Å². The zero-order valence-corrected chi connectivity index (χ0v) is 17.1. The van der Waals surface area contributed by atoms with Crippen LogP contribution in [0.25, 0.3) is 11.0 Å². The SMILES string of the molecule is COC(=O)Cc1sc(NC(=O)CSc2nc3ccccc3n2C(C)=O)nc1C. The van der Waals surface area contributed by atoms with Gasteiger partial charge in [0.15, 0.2) is 10.3 Å². The van der Waals surface area contributed by atoms with E-state index in [1.807, 2.05) is 24.3 Å². The van der Waals surface area contributed by atoms with Crippen molar-refractivity contribution in [2.75, 3.05) is 18.2 Å². The normalized spacial score (nSPS) is 10.8. The van der Waals surface area contributed by atoms with Crippen molar-refractivity contribution in [2.24, 2.45) is 0 Å². The summed E-state index contributed by atoms with van der Waals surface area (Å²) in [4.78, 5) is 45.2. The third-order valence-electron chi connectivity index (χ3n) is 3.85. The molecule has 3 rings (SSSR count). The maximum Gasteiger partial charge on any atom is 0.310 e. The molecule has 0 saturated carbocycles. The van der Waals surface area contributed by atoms with E-state index in [0.29, 0.717) is 27.0 Å². The molecule has 0 radical (unpaired) electrons. The van der Waals surface area contributed by atoms with Gasteiger partial charge in [0.1, 0.15) is 0 Å². The first kappa shape index (κ1) is 20.0. The molecule has 10 heteroatoms. The second-order valence-corrected chi connectivity index (χ2v) is 7.88. The average Bonchev–Trinajstić information content (AvgIpc) is 3.19. The lowest BCUT2D eigenvalue weighted by Crippen LogP contribution is -2.15. The van der Waals surface area contributed by atoms with Gasteiger partial charge in [-0.2, -0.15) is 0 Å². The maximum atomic E-state index is 12.3. The number of amides is 1. The van der Waals surface area contributed by atoms with Gasteiger partial charge in [-0.3, -0.25) is 19.0 Å². The van der Waals surface area contributed by atoms with Crippen molar-refractivity contribution in [1.29, 1.82) is 0 Å². The van der Waals surface area contributed by atoms with Crippen LogP contribution in [0, 0.1) is 6.92 Å². The largest absolute Gasteiger partial charge is 0.469 e. The first-order chi connectivity index (χ1) is 13.4. The number of fused-ring (bicyclic) bond motifs is 1. The minimum Gasteiger partial charge on any atom is -0.469 e. The van der Waals surface area contributed by atoms with Crippen LogP contribution in [0.3, 0.4) is 0 Å². The highest BCUT2D eigenvalue weighted by Gasteiger charge is 2.17. The van der Waals surface area contributed by atoms with Crippen LogP contribution in [-0.2, 0) is 20.7 Å². The fraction of sp³-hybridized carbons (Fsp3) is 0.278. The van der Waals surface area contributed by atoms with Gasteiger partial charge in [0.2, 0.25) is 11.8 Å². The summed E-state index contributed by atoms with van der Waals surface area (Å²) >= 11 is 2.41. The van der Waals surface area contributed by atoms with E-state index in [1.54, 1.807) is 6.92 Å². The second-order valence-electron chi connectivity index (χ2n) is 5.85. The fourth-order valence-corrected chi connectivity index (χ4v) is 4.35. The molecule has 0 bridgehead atoms. The Morgan fingerprint density at radius 1 is 1.25 bits per heavy atom.